The molecular formula is C27H31Cl2N3O5. The van der Waals surface area contributed by atoms with Crippen molar-refractivity contribution in [3.8, 4) is 5.75 Å². The van der Waals surface area contributed by atoms with Gasteiger partial charge in [-0.1, -0.05) is 29.3 Å². The van der Waals surface area contributed by atoms with Crippen LogP contribution in [0.1, 0.15) is 19.8 Å². The highest BCUT2D eigenvalue weighted by molar-refractivity contribution is 6.43. The number of rotatable bonds is 10. The SMILES string of the molecule is CCOC(=O)OCn1c(=O)ccc2ccc(OCCCCN3CCN(c4cccc(Cl)c4Cl)CC3)cc21. The molecule has 0 N–H and O–H groups in total. The average Bonchev–Trinajstić information content (AvgIpc) is 2.90. The van der Waals surface area contributed by atoms with Crippen molar-refractivity contribution in [2.24, 2.45) is 0 Å². The van der Waals surface area contributed by atoms with Gasteiger partial charge in [-0.15, -0.1) is 0 Å². The summed E-state index contributed by atoms with van der Waals surface area (Å²) in [7, 11) is 0. The molecule has 0 aliphatic carbocycles. The molecular weight excluding hydrogens is 517 g/mol. The van der Waals surface area contributed by atoms with Gasteiger partial charge in [-0.25, -0.2) is 4.79 Å². The summed E-state index contributed by atoms with van der Waals surface area (Å²) in [5, 5.41) is 2.05. The third-order valence-corrected chi connectivity index (χ3v) is 7.13. The van der Waals surface area contributed by atoms with Crippen LogP contribution < -0.4 is 15.2 Å². The van der Waals surface area contributed by atoms with E-state index in [4.69, 9.17) is 37.4 Å². The maximum Gasteiger partial charge on any atom is 0.510 e. The van der Waals surface area contributed by atoms with Crippen LogP contribution >= 0.6 is 23.2 Å². The number of pyridine rings is 1. The van der Waals surface area contributed by atoms with E-state index in [0.717, 1.165) is 56.6 Å². The minimum absolute atomic E-state index is 0.204. The van der Waals surface area contributed by atoms with Crippen molar-refractivity contribution in [3.63, 3.8) is 0 Å². The molecule has 1 saturated heterocycles. The van der Waals surface area contributed by atoms with Gasteiger partial charge in [-0.3, -0.25) is 14.3 Å². The van der Waals surface area contributed by atoms with Crippen LogP contribution in [0.5, 0.6) is 5.75 Å². The van der Waals surface area contributed by atoms with Gasteiger partial charge >= 0.3 is 6.16 Å². The molecule has 8 nitrogen and oxygen atoms in total. The zero-order chi connectivity index (χ0) is 26.2. The zero-order valence-electron chi connectivity index (χ0n) is 20.8. The monoisotopic (exact) mass is 547 g/mol. The number of benzene rings is 2. The number of nitrogens with zero attached hydrogens (tertiary/aromatic N) is 3. The minimum atomic E-state index is -0.812. The average molecular weight is 548 g/mol. The molecule has 1 aliphatic rings. The van der Waals surface area contributed by atoms with E-state index in [0.29, 0.717) is 27.9 Å². The van der Waals surface area contributed by atoms with E-state index in [9.17, 15) is 9.59 Å². The molecule has 0 atom stereocenters. The Labute approximate surface area is 226 Å². The van der Waals surface area contributed by atoms with E-state index >= 15 is 0 Å². The van der Waals surface area contributed by atoms with Gasteiger partial charge in [0.05, 0.1) is 34.5 Å². The molecule has 1 aliphatic heterocycles. The fraction of sp³-hybridized carbons (Fsp3) is 0.407. The van der Waals surface area contributed by atoms with Crippen molar-refractivity contribution in [1.29, 1.82) is 0 Å². The topological polar surface area (TPSA) is 73.2 Å². The fourth-order valence-corrected chi connectivity index (χ4v) is 4.76. The number of unbranched alkanes of at least 4 members (excludes halogenated alkanes) is 1. The Morgan fingerprint density at radius 1 is 0.973 bits per heavy atom. The second-order valence-electron chi connectivity index (χ2n) is 8.73. The number of carbonyl (C=O) groups is 1. The van der Waals surface area contributed by atoms with Crippen molar-refractivity contribution in [2.45, 2.75) is 26.5 Å². The molecule has 1 fully saturated rings. The van der Waals surface area contributed by atoms with Gasteiger partial charge in [0, 0.05) is 38.3 Å². The van der Waals surface area contributed by atoms with Crippen molar-refractivity contribution in [1.82, 2.24) is 9.47 Å². The smallest absolute Gasteiger partial charge is 0.494 e. The summed E-state index contributed by atoms with van der Waals surface area (Å²) < 4.78 is 17.2. The molecule has 0 radical (unpaired) electrons. The lowest BCUT2D eigenvalue weighted by atomic mass is 10.2. The van der Waals surface area contributed by atoms with Crippen molar-refractivity contribution in [2.75, 3.05) is 50.8 Å². The van der Waals surface area contributed by atoms with Crippen molar-refractivity contribution in [3.05, 3.63) is 68.9 Å². The normalized spacial score (nSPS) is 14.1. The van der Waals surface area contributed by atoms with Gasteiger partial charge in [0.25, 0.3) is 5.56 Å². The molecule has 198 valence electrons. The molecule has 1 aromatic heterocycles. The number of halogens is 2. The Morgan fingerprint density at radius 3 is 2.54 bits per heavy atom. The van der Waals surface area contributed by atoms with Gasteiger partial charge in [0.15, 0.2) is 6.73 Å². The molecule has 37 heavy (non-hydrogen) atoms. The molecule has 3 aromatic rings. The highest BCUT2D eigenvalue weighted by Crippen LogP contribution is 2.32. The maximum atomic E-state index is 12.4. The third-order valence-electron chi connectivity index (χ3n) is 6.32. The van der Waals surface area contributed by atoms with E-state index in [1.807, 2.05) is 30.3 Å². The Hall–Kier alpha value is -2.94. The largest absolute Gasteiger partial charge is 0.510 e. The van der Waals surface area contributed by atoms with Crippen LogP contribution in [0.2, 0.25) is 10.0 Å². The van der Waals surface area contributed by atoms with E-state index in [1.165, 1.54) is 10.6 Å². The van der Waals surface area contributed by atoms with E-state index in [-0.39, 0.29) is 18.9 Å². The van der Waals surface area contributed by atoms with Gasteiger partial charge in [0.2, 0.25) is 0 Å². The third kappa shape index (κ3) is 7.09. The van der Waals surface area contributed by atoms with Crippen LogP contribution in [-0.4, -0.2) is 61.6 Å². The van der Waals surface area contributed by atoms with Crippen molar-refractivity contribution >= 4 is 45.9 Å². The first-order valence-electron chi connectivity index (χ1n) is 12.4. The van der Waals surface area contributed by atoms with Gasteiger partial charge in [0.1, 0.15) is 5.75 Å². The number of anilines is 1. The highest BCUT2D eigenvalue weighted by atomic mass is 35.5. The summed E-state index contributed by atoms with van der Waals surface area (Å²) in [6.07, 6.45) is 1.11. The Bertz CT molecular complexity index is 1270. The van der Waals surface area contributed by atoms with Gasteiger partial charge in [-0.05, 0) is 62.0 Å². The molecule has 0 bridgehead atoms. The lowest BCUT2D eigenvalue weighted by Crippen LogP contribution is -2.46. The molecule has 0 spiro atoms. The van der Waals surface area contributed by atoms with E-state index in [2.05, 4.69) is 9.80 Å². The second-order valence-corrected chi connectivity index (χ2v) is 9.52. The van der Waals surface area contributed by atoms with Crippen LogP contribution in [0.25, 0.3) is 10.9 Å². The minimum Gasteiger partial charge on any atom is -0.494 e. The first-order chi connectivity index (χ1) is 18.0. The van der Waals surface area contributed by atoms with Crippen LogP contribution in [-0.2, 0) is 16.2 Å². The lowest BCUT2D eigenvalue weighted by Gasteiger charge is -2.36. The summed E-state index contributed by atoms with van der Waals surface area (Å²) in [6, 6.07) is 14.5. The number of hydrogen-bond acceptors (Lipinski definition) is 7. The number of ether oxygens (including phenoxy) is 3. The lowest BCUT2D eigenvalue weighted by molar-refractivity contribution is 0.0373. The number of piperazine rings is 1. The molecule has 10 heteroatoms. The molecule has 4 rings (SSSR count). The Morgan fingerprint density at radius 2 is 1.76 bits per heavy atom. The number of fused-ring (bicyclic) bond motifs is 1. The number of hydrogen-bond donors (Lipinski definition) is 0. The first kappa shape index (κ1) is 27.1. The first-order valence-corrected chi connectivity index (χ1v) is 13.2. The standard InChI is InChI=1S/C27H31Cl2N3O5/c1-2-35-27(34)37-19-32-24-18-21(10-8-20(24)9-11-25(32)33)36-17-4-3-12-30-13-15-31(16-14-30)23-7-5-6-22(28)26(23)29/h5-11,18H,2-4,12-17,19H2,1H3. The maximum absolute atomic E-state index is 12.4. The van der Waals surface area contributed by atoms with Crippen molar-refractivity contribution < 1.29 is 19.0 Å². The number of carbonyl (C=O) groups excluding carboxylic acids is 1. The summed E-state index contributed by atoms with van der Waals surface area (Å²) >= 11 is 12.5. The van der Waals surface area contributed by atoms with Gasteiger partial charge in [-0.2, -0.15) is 0 Å². The fourth-order valence-electron chi connectivity index (χ4n) is 4.34. The Kier molecular flexibility index (Phi) is 9.55. The van der Waals surface area contributed by atoms with Crippen LogP contribution in [0, 0.1) is 0 Å². The predicted octanol–water partition coefficient (Wildman–Crippen LogP) is 5.42. The summed E-state index contributed by atoms with van der Waals surface area (Å²) in [6.45, 7) is 7.01. The molecule has 0 unspecified atom stereocenters. The quantitative estimate of drug-likeness (QED) is 0.248. The summed E-state index contributed by atoms with van der Waals surface area (Å²) in [4.78, 5) is 28.7. The Balaban J connectivity index is 1.23. The van der Waals surface area contributed by atoms with E-state index < -0.39 is 6.16 Å². The highest BCUT2D eigenvalue weighted by Gasteiger charge is 2.19. The number of aromatic nitrogens is 1. The van der Waals surface area contributed by atoms with Crippen LogP contribution in [0.3, 0.4) is 0 Å². The summed E-state index contributed by atoms with van der Waals surface area (Å²) in [5.74, 6) is 0.662. The molecule has 2 aromatic carbocycles. The molecule has 0 amide bonds. The predicted molar refractivity (Wildman–Crippen MR) is 146 cm³/mol. The van der Waals surface area contributed by atoms with E-state index in [1.54, 1.807) is 19.1 Å². The zero-order valence-corrected chi connectivity index (χ0v) is 22.3. The summed E-state index contributed by atoms with van der Waals surface area (Å²) in [5.41, 5.74) is 1.36. The molecule has 2 heterocycles. The molecule has 0 saturated carbocycles. The van der Waals surface area contributed by atoms with Gasteiger partial charge < -0.3 is 19.1 Å². The van der Waals surface area contributed by atoms with Crippen LogP contribution in [0.4, 0.5) is 10.5 Å². The second kappa shape index (κ2) is 13.0. The van der Waals surface area contributed by atoms with Crippen LogP contribution in [0.15, 0.2) is 53.3 Å².